The van der Waals surface area contributed by atoms with Crippen molar-refractivity contribution in [1.29, 1.82) is 0 Å². The van der Waals surface area contributed by atoms with Crippen LogP contribution in [0.25, 0.3) is 22.5 Å². The van der Waals surface area contributed by atoms with Crippen LogP contribution in [-0.4, -0.2) is 33.0 Å². The molecule has 172 valence electrons. The zero-order valence-electron chi connectivity index (χ0n) is 18.1. The fourth-order valence-corrected chi connectivity index (χ4v) is 3.77. The van der Waals surface area contributed by atoms with Crippen molar-refractivity contribution in [2.75, 3.05) is 16.9 Å². The van der Waals surface area contributed by atoms with E-state index in [1.54, 1.807) is 42.6 Å². The number of nitrogens with one attached hydrogen (secondary N) is 3. The minimum Gasteiger partial charge on any atom is -0.332 e. The molecule has 0 aliphatic heterocycles. The minimum absolute atomic E-state index is 0.257. The van der Waals surface area contributed by atoms with Gasteiger partial charge in [0, 0.05) is 24.2 Å². The largest absolute Gasteiger partial charge is 0.332 e. The second-order valence-corrected chi connectivity index (χ2v) is 7.97. The van der Waals surface area contributed by atoms with Crippen molar-refractivity contribution in [2.45, 2.75) is 12.1 Å². The number of rotatable bonds is 6. The molecule has 0 atom stereocenters. The van der Waals surface area contributed by atoms with Gasteiger partial charge in [-0.2, -0.15) is 0 Å². The molecule has 0 saturated carbocycles. The van der Waals surface area contributed by atoms with E-state index in [9.17, 15) is 18.4 Å². The third-order valence-electron chi connectivity index (χ3n) is 4.85. The number of para-hydroxylation sites is 1. The Balaban J connectivity index is 1.78. The number of carbonyl (C=O) groups excluding carboxylic acids is 2. The first-order valence-electron chi connectivity index (χ1n) is 10.1. The molecule has 0 aliphatic carbocycles. The summed E-state index contributed by atoms with van der Waals surface area (Å²) in [6.45, 7) is 1.39. The monoisotopic (exact) mass is 479 g/mol. The van der Waals surface area contributed by atoms with Crippen LogP contribution in [0.1, 0.15) is 17.3 Å². The fourth-order valence-electron chi connectivity index (χ4n) is 3.38. The van der Waals surface area contributed by atoms with Crippen molar-refractivity contribution in [2.24, 2.45) is 0 Å². The Morgan fingerprint density at radius 2 is 1.74 bits per heavy atom. The molecule has 3 N–H and O–H groups in total. The molecule has 34 heavy (non-hydrogen) atoms. The van der Waals surface area contributed by atoms with Crippen LogP contribution in [-0.2, 0) is 4.79 Å². The maximum atomic E-state index is 14.1. The lowest BCUT2D eigenvalue weighted by atomic mass is 10.0. The zero-order valence-corrected chi connectivity index (χ0v) is 19.0. The normalized spacial score (nSPS) is 10.7. The van der Waals surface area contributed by atoms with Crippen molar-refractivity contribution in [3.05, 3.63) is 78.0 Å². The molecule has 7 nitrogen and oxygen atoms in total. The molecule has 2 aromatic carbocycles. The highest BCUT2D eigenvalue weighted by atomic mass is 32.2. The summed E-state index contributed by atoms with van der Waals surface area (Å²) in [6.07, 6.45) is 3.41. The van der Waals surface area contributed by atoms with Gasteiger partial charge in [-0.1, -0.05) is 36.0 Å². The number of nitrogens with zero attached hydrogens (tertiary/aromatic N) is 2. The van der Waals surface area contributed by atoms with Gasteiger partial charge in [-0.15, -0.1) is 0 Å². The summed E-state index contributed by atoms with van der Waals surface area (Å²) >= 11 is 1.39. The number of thioether (sulfide) groups is 1. The van der Waals surface area contributed by atoms with Crippen molar-refractivity contribution < 1.29 is 18.4 Å². The Labute approximate surface area is 198 Å². The van der Waals surface area contributed by atoms with Gasteiger partial charge < -0.3 is 15.6 Å². The summed E-state index contributed by atoms with van der Waals surface area (Å²) in [7, 11) is 0. The summed E-state index contributed by atoms with van der Waals surface area (Å²) in [5.41, 5.74) is 2.02. The SMILES string of the molecule is CSc1nc(-c2ccccc2NC(=O)c2c(F)cccc2F)c(-c2ccnc(NC(C)=O)c2)[nH]1. The molecule has 2 heterocycles. The predicted octanol–water partition coefficient (Wildman–Crippen LogP) is 5.35. The quantitative estimate of drug-likeness (QED) is 0.324. The van der Waals surface area contributed by atoms with E-state index in [2.05, 4.69) is 25.6 Å². The topological polar surface area (TPSA) is 99.8 Å². The van der Waals surface area contributed by atoms with Crippen LogP contribution in [0.5, 0.6) is 0 Å². The van der Waals surface area contributed by atoms with Crippen LogP contribution in [0.3, 0.4) is 0 Å². The molecule has 0 bridgehead atoms. The Hall–Kier alpha value is -4.05. The number of aromatic amines is 1. The zero-order chi connectivity index (χ0) is 24.2. The van der Waals surface area contributed by atoms with Gasteiger partial charge in [0.1, 0.15) is 23.0 Å². The van der Waals surface area contributed by atoms with E-state index in [0.29, 0.717) is 39.2 Å². The van der Waals surface area contributed by atoms with Gasteiger partial charge in [0.15, 0.2) is 5.16 Å². The fraction of sp³-hybridized carbons (Fsp3) is 0.0833. The Morgan fingerprint density at radius 3 is 2.44 bits per heavy atom. The van der Waals surface area contributed by atoms with Crippen molar-refractivity contribution in [3.63, 3.8) is 0 Å². The highest BCUT2D eigenvalue weighted by Gasteiger charge is 2.21. The lowest BCUT2D eigenvalue weighted by molar-refractivity contribution is -0.114. The highest BCUT2D eigenvalue weighted by molar-refractivity contribution is 7.98. The number of benzene rings is 2. The molecule has 10 heteroatoms. The Morgan fingerprint density at radius 1 is 1.00 bits per heavy atom. The Kier molecular flexibility index (Phi) is 6.69. The lowest BCUT2D eigenvalue weighted by Gasteiger charge is -2.12. The molecule has 4 rings (SSSR count). The average molecular weight is 480 g/mol. The van der Waals surface area contributed by atoms with Crippen LogP contribution in [0.2, 0.25) is 0 Å². The molecule has 0 saturated heterocycles. The average Bonchev–Trinajstić information content (AvgIpc) is 3.23. The summed E-state index contributed by atoms with van der Waals surface area (Å²) in [6, 6.07) is 13.5. The molecule has 0 unspecified atom stereocenters. The molecule has 4 aromatic rings. The van der Waals surface area contributed by atoms with Crippen molar-refractivity contribution >= 4 is 35.1 Å². The minimum atomic E-state index is -0.956. The lowest BCUT2D eigenvalue weighted by Crippen LogP contribution is -2.16. The molecular weight excluding hydrogens is 460 g/mol. The molecule has 2 aromatic heterocycles. The van der Waals surface area contributed by atoms with Gasteiger partial charge in [0.05, 0.1) is 17.1 Å². The number of amides is 2. The van der Waals surface area contributed by atoms with Crippen LogP contribution in [0.15, 0.2) is 66.0 Å². The van der Waals surface area contributed by atoms with Crippen LogP contribution >= 0.6 is 11.8 Å². The number of pyridine rings is 1. The number of hydrogen-bond acceptors (Lipinski definition) is 5. The first-order chi connectivity index (χ1) is 16.4. The van der Waals surface area contributed by atoms with Crippen LogP contribution < -0.4 is 10.6 Å². The third-order valence-corrected chi connectivity index (χ3v) is 5.43. The number of carbonyl (C=O) groups is 2. The smallest absolute Gasteiger partial charge is 0.261 e. The van der Waals surface area contributed by atoms with Crippen molar-refractivity contribution in [3.8, 4) is 22.5 Å². The van der Waals surface area contributed by atoms with E-state index in [-0.39, 0.29) is 5.91 Å². The maximum Gasteiger partial charge on any atom is 0.261 e. The number of halogens is 2. The molecule has 0 radical (unpaired) electrons. The first-order valence-corrected chi connectivity index (χ1v) is 11.3. The number of aromatic nitrogens is 3. The van der Waals surface area contributed by atoms with Crippen molar-refractivity contribution in [1.82, 2.24) is 15.0 Å². The van der Waals surface area contributed by atoms with E-state index in [0.717, 1.165) is 12.1 Å². The molecule has 0 fully saturated rings. The first kappa shape index (κ1) is 23.1. The summed E-state index contributed by atoms with van der Waals surface area (Å²) in [4.78, 5) is 36.2. The summed E-state index contributed by atoms with van der Waals surface area (Å²) in [5.74, 6) is -2.72. The number of H-pyrrole nitrogens is 1. The van der Waals surface area contributed by atoms with Gasteiger partial charge in [0.25, 0.3) is 5.91 Å². The molecule has 0 spiro atoms. The summed E-state index contributed by atoms with van der Waals surface area (Å²) in [5, 5.41) is 5.86. The third kappa shape index (κ3) is 4.81. The van der Waals surface area contributed by atoms with E-state index in [1.165, 1.54) is 24.8 Å². The van der Waals surface area contributed by atoms with Gasteiger partial charge in [-0.25, -0.2) is 18.7 Å². The second-order valence-electron chi connectivity index (χ2n) is 7.18. The highest BCUT2D eigenvalue weighted by Crippen LogP contribution is 2.36. The van der Waals surface area contributed by atoms with Gasteiger partial charge in [0.2, 0.25) is 5.91 Å². The standard InChI is InChI=1S/C24H19F2N5O2S/c1-13(32)28-19-12-14(10-11-27-19)21-22(31-24(30-21)34-2)15-6-3-4-9-18(15)29-23(33)20-16(25)7-5-8-17(20)26/h3-12H,1-2H3,(H,29,33)(H,30,31)(H,27,28,32). The van der Waals surface area contributed by atoms with E-state index in [1.807, 2.05) is 6.26 Å². The van der Waals surface area contributed by atoms with Crippen LogP contribution in [0, 0.1) is 11.6 Å². The van der Waals surface area contributed by atoms with E-state index < -0.39 is 23.1 Å². The van der Waals surface area contributed by atoms with E-state index in [4.69, 9.17) is 0 Å². The molecule has 2 amide bonds. The number of hydrogen-bond donors (Lipinski definition) is 3. The summed E-state index contributed by atoms with van der Waals surface area (Å²) < 4.78 is 28.3. The van der Waals surface area contributed by atoms with Gasteiger partial charge in [-0.3, -0.25) is 9.59 Å². The number of imidazole rings is 1. The van der Waals surface area contributed by atoms with Gasteiger partial charge in [-0.05, 0) is 36.6 Å². The van der Waals surface area contributed by atoms with Gasteiger partial charge >= 0.3 is 0 Å². The maximum absolute atomic E-state index is 14.1. The van der Waals surface area contributed by atoms with E-state index >= 15 is 0 Å². The predicted molar refractivity (Wildman–Crippen MR) is 128 cm³/mol. The second kappa shape index (κ2) is 9.84. The van der Waals surface area contributed by atoms with Crippen LogP contribution in [0.4, 0.5) is 20.3 Å². The molecule has 0 aliphatic rings. The number of anilines is 2. The molecular formula is C24H19F2N5O2S. The Bertz CT molecular complexity index is 1370.